The van der Waals surface area contributed by atoms with Gasteiger partial charge in [0.15, 0.2) is 11.5 Å². The molecular weight excluding hydrogens is 275 g/mol. The predicted molar refractivity (Wildman–Crippen MR) is 73.1 cm³/mol. The molecule has 0 aliphatic carbocycles. The fourth-order valence-corrected chi connectivity index (χ4v) is 1.41. The van der Waals surface area contributed by atoms with Crippen LogP contribution in [-0.4, -0.2) is 13.1 Å². The zero-order valence-electron chi connectivity index (χ0n) is 9.94. The van der Waals surface area contributed by atoms with Gasteiger partial charge >= 0.3 is 5.97 Å². The van der Waals surface area contributed by atoms with Crippen molar-refractivity contribution >= 4 is 35.2 Å². The number of allylic oxidation sites excluding steroid dienone is 2. The molecule has 5 heteroatoms. The molecule has 0 aliphatic heterocycles. The highest BCUT2D eigenvalue weighted by atomic mass is 35.5. The molecule has 0 amide bonds. The third-order valence-electron chi connectivity index (χ3n) is 1.95. The van der Waals surface area contributed by atoms with Gasteiger partial charge in [0, 0.05) is 6.92 Å². The monoisotopic (exact) mass is 286 g/mol. The third-order valence-corrected chi connectivity index (χ3v) is 2.20. The fraction of sp³-hybridized carbons (Fsp3) is 0.154. The SMILES string of the molecule is COc1ccc(/C=C\C=C(Cl)Cl)cc1OC(C)=O. The van der Waals surface area contributed by atoms with E-state index >= 15 is 0 Å². The summed E-state index contributed by atoms with van der Waals surface area (Å²) in [5.74, 6) is 0.458. The number of benzene rings is 1. The minimum Gasteiger partial charge on any atom is -0.493 e. The highest BCUT2D eigenvalue weighted by Gasteiger charge is 2.06. The van der Waals surface area contributed by atoms with Gasteiger partial charge in [-0.3, -0.25) is 4.79 Å². The Morgan fingerprint density at radius 2 is 2.00 bits per heavy atom. The summed E-state index contributed by atoms with van der Waals surface area (Å²) in [5.41, 5.74) is 0.831. The van der Waals surface area contributed by atoms with Crippen molar-refractivity contribution < 1.29 is 14.3 Å². The van der Waals surface area contributed by atoms with E-state index in [2.05, 4.69) is 0 Å². The van der Waals surface area contributed by atoms with E-state index in [4.69, 9.17) is 32.7 Å². The summed E-state index contributed by atoms with van der Waals surface area (Å²) in [6.45, 7) is 1.33. The molecule has 0 heterocycles. The molecule has 18 heavy (non-hydrogen) atoms. The Labute approximate surface area is 116 Å². The first kappa shape index (κ1) is 14.6. The van der Waals surface area contributed by atoms with E-state index in [1.807, 2.05) is 6.07 Å². The largest absolute Gasteiger partial charge is 0.493 e. The number of rotatable bonds is 4. The first-order valence-electron chi connectivity index (χ1n) is 5.08. The average molecular weight is 287 g/mol. The molecule has 0 saturated heterocycles. The van der Waals surface area contributed by atoms with Crippen LogP contribution in [0.3, 0.4) is 0 Å². The summed E-state index contributed by atoms with van der Waals surface area (Å²) in [6.07, 6.45) is 5.00. The van der Waals surface area contributed by atoms with Crippen molar-refractivity contribution in [2.75, 3.05) is 7.11 Å². The van der Waals surface area contributed by atoms with Gasteiger partial charge in [0.2, 0.25) is 0 Å². The molecular formula is C13H12Cl2O3. The van der Waals surface area contributed by atoms with Gasteiger partial charge in [-0.1, -0.05) is 41.4 Å². The molecule has 0 fully saturated rings. The number of hydrogen-bond acceptors (Lipinski definition) is 3. The Morgan fingerprint density at radius 3 is 2.56 bits per heavy atom. The van der Waals surface area contributed by atoms with E-state index in [-0.39, 0.29) is 4.49 Å². The Morgan fingerprint density at radius 1 is 1.28 bits per heavy atom. The second kappa shape index (κ2) is 7.09. The first-order chi connectivity index (χ1) is 8.52. The first-order valence-corrected chi connectivity index (χ1v) is 5.84. The molecule has 0 aliphatic rings. The van der Waals surface area contributed by atoms with Crippen LogP contribution in [-0.2, 0) is 4.79 Å². The lowest BCUT2D eigenvalue weighted by Crippen LogP contribution is -2.03. The van der Waals surface area contributed by atoms with E-state index in [1.54, 1.807) is 30.4 Å². The van der Waals surface area contributed by atoms with Crippen molar-refractivity contribution in [1.29, 1.82) is 0 Å². The normalized spacial score (nSPS) is 10.2. The van der Waals surface area contributed by atoms with Crippen LogP contribution in [0.4, 0.5) is 0 Å². The molecule has 96 valence electrons. The van der Waals surface area contributed by atoms with Crippen LogP contribution in [0.25, 0.3) is 6.08 Å². The molecule has 0 saturated carbocycles. The lowest BCUT2D eigenvalue weighted by atomic mass is 10.2. The zero-order chi connectivity index (χ0) is 13.5. The molecule has 0 radical (unpaired) electrons. The fourth-order valence-electron chi connectivity index (χ4n) is 1.26. The van der Waals surface area contributed by atoms with Crippen molar-refractivity contribution in [1.82, 2.24) is 0 Å². The van der Waals surface area contributed by atoms with Gasteiger partial charge in [-0.25, -0.2) is 0 Å². The summed E-state index contributed by atoms with van der Waals surface area (Å²) < 4.78 is 10.3. The highest BCUT2D eigenvalue weighted by molar-refractivity contribution is 6.56. The molecule has 1 rings (SSSR count). The van der Waals surface area contributed by atoms with E-state index in [1.165, 1.54) is 14.0 Å². The van der Waals surface area contributed by atoms with Crippen LogP contribution in [0.5, 0.6) is 11.5 Å². The second-order valence-corrected chi connectivity index (χ2v) is 4.33. The standard InChI is InChI=1S/C13H12Cl2O3/c1-9(16)18-12-8-10(4-3-5-13(14)15)6-7-11(12)17-2/h3-8H,1-2H3/b4-3-. The molecule has 1 aromatic carbocycles. The zero-order valence-corrected chi connectivity index (χ0v) is 11.5. The second-order valence-electron chi connectivity index (χ2n) is 3.32. The van der Waals surface area contributed by atoms with Crippen molar-refractivity contribution in [2.24, 2.45) is 0 Å². The summed E-state index contributed by atoms with van der Waals surface area (Å²) >= 11 is 11.0. The van der Waals surface area contributed by atoms with Crippen molar-refractivity contribution in [3.8, 4) is 11.5 Å². The maximum absolute atomic E-state index is 11.0. The molecule has 0 atom stereocenters. The van der Waals surface area contributed by atoms with Gasteiger partial charge in [-0.15, -0.1) is 0 Å². The Bertz CT molecular complexity index is 489. The maximum atomic E-state index is 11.0. The lowest BCUT2D eigenvalue weighted by molar-refractivity contribution is -0.132. The van der Waals surface area contributed by atoms with Gasteiger partial charge in [0.05, 0.1) is 7.11 Å². The van der Waals surface area contributed by atoms with Gasteiger partial charge in [-0.05, 0) is 23.8 Å². The number of halogens is 2. The topological polar surface area (TPSA) is 35.5 Å². The number of ether oxygens (including phenoxy) is 2. The smallest absolute Gasteiger partial charge is 0.308 e. The van der Waals surface area contributed by atoms with Crippen LogP contribution in [0.1, 0.15) is 12.5 Å². The summed E-state index contributed by atoms with van der Waals surface area (Å²) in [7, 11) is 1.51. The average Bonchev–Trinajstić information content (AvgIpc) is 2.28. The number of hydrogen-bond donors (Lipinski definition) is 0. The molecule has 0 unspecified atom stereocenters. The minimum absolute atomic E-state index is 0.167. The van der Waals surface area contributed by atoms with Gasteiger partial charge in [0.25, 0.3) is 0 Å². The molecule has 0 bridgehead atoms. The number of esters is 1. The van der Waals surface area contributed by atoms with Gasteiger partial charge in [0.1, 0.15) is 4.49 Å². The van der Waals surface area contributed by atoms with Crippen LogP contribution < -0.4 is 9.47 Å². The van der Waals surface area contributed by atoms with Crippen LogP contribution in [0, 0.1) is 0 Å². The number of carbonyl (C=O) groups excluding carboxylic acids is 1. The van der Waals surface area contributed by atoms with Crippen molar-refractivity contribution in [3.63, 3.8) is 0 Å². The highest BCUT2D eigenvalue weighted by Crippen LogP contribution is 2.28. The molecule has 0 N–H and O–H groups in total. The Kier molecular flexibility index (Phi) is 5.75. The summed E-state index contributed by atoms with van der Waals surface area (Å²) in [6, 6.07) is 5.22. The van der Waals surface area contributed by atoms with Crippen molar-refractivity contribution in [2.45, 2.75) is 6.92 Å². The van der Waals surface area contributed by atoms with Crippen LogP contribution in [0.2, 0.25) is 0 Å². The Hall–Kier alpha value is -1.45. The number of carbonyl (C=O) groups is 1. The lowest BCUT2D eigenvalue weighted by Gasteiger charge is -2.08. The Balaban J connectivity index is 2.98. The molecule has 1 aromatic rings. The predicted octanol–water partition coefficient (Wildman–Crippen LogP) is 3.95. The van der Waals surface area contributed by atoms with Gasteiger partial charge < -0.3 is 9.47 Å². The minimum atomic E-state index is -0.405. The number of methoxy groups -OCH3 is 1. The maximum Gasteiger partial charge on any atom is 0.308 e. The van der Waals surface area contributed by atoms with Crippen LogP contribution in [0.15, 0.2) is 34.8 Å². The molecule has 3 nitrogen and oxygen atoms in total. The third kappa shape index (κ3) is 4.82. The summed E-state index contributed by atoms with van der Waals surface area (Å²) in [4.78, 5) is 11.0. The summed E-state index contributed by atoms with van der Waals surface area (Å²) in [5, 5.41) is 0. The van der Waals surface area contributed by atoms with E-state index in [9.17, 15) is 4.79 Å². The van der Waals surface area contributed by atoms with Gasteiger partial charge in [-0.2, -0.15) is 0 Å². The van der Waals surface area contributed by atoms with E-state index in [0.29, 0.717) is 11.5 Å². The molecule has 0 spiro atoms. The van der Waals surface area contributed by atoms with E-state index < -0.39 is 5.97 Å². The van der Waals surface area contributed by atoms with E-state index in [0.717, 1.165) is 5.56 Å². The quantitative estimate of drug-likeness (QED) is 0.478. The van der Waals surface area contributed by atoms with Crippen molar-refractivity contribution in [3.05, 3.63) is 40.4 Å². The molecule has 0 aromatic heterocycles. The van der Waals surface area contributed by atoms with Crippen LogP contribution >= 0.6 is 23.2 Å².